The van der Waals surface area contributed by atoms with Crippen LogP contribution in [0.15, 0.2) is 188 Å². The minimum Gasteiger partial charge on any atom is -0.456 e. The van der Waals surface area contributed by atoms with Gasteiger partial charge in [0.05, 0.1) is 39.8 Å². The summed E-state index contributed by atoms with van der Waals surface area (Å²) in [4.78, 5) is 13.0. The van der Waals surface area contributed by atoms with Crippen LogP contribution in [0.2, 0.25) is 0 Å². The molecule has 4 heterocycles. The zero-order valence-electron chi connectivity index (χ0n) is 57.1. The average Bonchev–Trinajstić information content (AvgIpc) is 1.49. The lowest BCUT2D eigenvalue weighted by atomic mass is 9.92. The molecule has 0 radical (unpaired) electrons. The molecule has 0 N–H and O–H groups in total. The highest BCUT2D eigenvalue weighted by molar-refractivity contribution is 6.20. The van der Waals surface area contributed by atoms with E-state index < -0.39 is 297 Å². The lowest BCUT2D eigenvalue weighted by Gasteiger charge is -2.10. The van der Waals surface area contributed by atoms with Crippen molar-refractivity contribution in [3.8, 4) is 56.4 Å². The Morgan fingerprint density at radius 2 is 0.825 bits per heavy atom. The Balaban J connectivity index is 1.30. The van der Waals surface area contributed by atoms with Crippen molar-refractivity contribution in [1.82, 2.24) is 15.0 Å². The molecular formula is C51H29N3O3. The van der Waals surface area contributed by atoms with Gasteiger partial charge in [-0.3, -0.25) is 0 Å². The van der Waals surface area contributed by atoms with Gasteiger partial charge in [0.1, 0.15) is 33.5 Å². The SMILES string of the molecule is [2H]c1c([2H])c([2H])c(-c2nc(-c3c([2H])c([2H])c([2H])c([2H])c3[2H])nc(-c3c([2H])c([2H])c([2H])c4oc5c(-c6c([2H])c(-c7c([2H])c([2H])c([2H])c8c7oc7c([2H])c([2H])c([2H])c([2H])c78)c([2H])c7oc8c([2H])c([2H])c([2H])c([2H])c8c67)c([2H])c([2H])c([2H])c5c34)n2)c([2H])c1[2H]. The van der Waals surface area contributed by atoms with Crippen molar-refractivity contribution in [2.45, 2.75) is 0 Å². The molecule has 0 saturated heterocycles. The number of fused-ring (bicyclic) bond motifs is 9. The summed E-state index contributed by atoms with van der Waals surface area (Å²) in [5, 5.41) is -3.28. The van der Waals surface area contributed by atoms with Crippen LogP contribution in [0.25, 0.3) is 122 Å². The van der Waals surface area contributed by atoms with Crippen LogP contribution in [0, 0.1) is 0 Å². The molecule has 0 atom stereocenters. The summed E-state index contributed by atoms with van der Waals surface area (Å²) in [6.45, 7) is 0. The maximum absolute atomic E-state index is 10.2. The smallest absolute Gasteiger partial charge is 0.164 e. The largest absolute Gasteiger partial charge is 0.456 e. The van der Waals surface area contributed by atoms with Crippen LogP contribution in [0.4, 0.5) is 0 Å². The van der Waals surface area contributed by atoms with Crippen molar-refractivity contribution >= 4 is 65.8 Å². The molecule has 6 heteroatoms. The molecule has 0 saturated carbocycles. The molecule has 0 spiro atoms. The molecule has 57 heavy (non-hydrogen) atoms. The third kappa shape index (κ3) is 4.94. The molecule has 0 aliphatic heterocycles. The minimum atomic E-state index is -1.04. The highest BCUT2D eigenvalue weighted by Crippen LogP contribution is 2.46. The van der Waals surface area contributed by atoms with Crippen LogP contribution in [0.1, 0.15) is 39.8 Å². The van der Waals surface area contributed by atoms with Crippen LogP contribution in [0.5, 0.6) is 0 Å². The van der Waals surface area contributed by atoms with Crippen molar-refractivity contribution in [2.24, 2.45) is 0 Å². The Labute approximate surface area is 366 Å². The van der Waals surface area contributed by atoms with Crippen molar-refractivity contribution in [3.05, 3.63) is 175 Å². The number of nitrogens with zero attached hydrogens (tertiary/aromatic N) is 3. The van der Waals surface area contributed by atoms with E-state index in [9.17, 15) is 12.3 Å². The normalized spacial score (nSPS) is 19.0. The van der Waals surface area contributed by atoms with Crippen molar-refractivity contribution < 1.29 is 53.0 Å². The number of hydrogen-bond donors (Lipinski definition) is 0. The van der Waals surface area contributed by atoms with E-state index in [0.717, 1.165) is 0 Å². The summed E-state index contributed by atoms with van der Waals surface area (Å²) < 4.78 is 277. The number of aromatic nitrogens is 3. The molecule has 8 aromatic carbocycles. The van der Waals surface area contributed by atoms with Gasteiger partial charge in [0, 0.05) is 60.1 Å². The third-order valence-electron chi connectivity index (χ3n) is 8.94. The molecule has 6 nitrogen and oxygen atoms in total. The number of para-hydroxylation sites is 4. The van der Waals surface area contributed by atoms with Gasteiger partial charge in [-0.2, -0.15) is 0 Å². The second kappa shape index (κ2) is 12.3. The quantitative estimate of drug-likeness (QED) is 0.174. The fourth-order valence-corrected chi connectivity index (χ4v) is 6.55. The Morgan fingerprint density at radius 1 is 0.316 bits per heavy atom. The van der Waals surface area contributed by atoms with Crippen LogP contribution in [-0.4, -0.2) is 15.0 Å². The number of benzene rings is 8. The van der Waals surface area contributed by atoms with E-state index in [1.807, 2.05) is 0 Å². The van der Waals surface area contributed by atoms with Crippen LogP contribution in [0.3, 0.4) is 0 Å². The highest BCUT2D eigenvalue weighted by Gasteiger charge is 2.23. The number of rotatable bonds is 5. The van der Waals surface area contributed by atoms with Gasteiger partial charge in [0.25, 0.3) is 0 Å². The average molecular weight is 761 g/mol. The number of hydrogen-bond acceptors (Lipinski definition) is 6. The fourth-order valence-electron chi connectivity index (χ4n) is 6.55. The van der Waals surface area contributed by atoms with Crippen molar-refractivity contribution in [1.29, 1.82) is 0 Å². The first-order valence-corrected chi connectivity index (χ1v) is 16.6. The van der Waals surface area contributed by atoms with E-state index in [-0.39, 0.29) is 0 Å². The fraction of sp³-hybridized carbons (Fsp3) is 0. The molecule has 0 bridgehead atoms. The van der Waals surface area contributed by atoms with Gasteiger partial charge in [0.15, 0.2) is 17.5 Å². The Kier molecular flexibility index (Phi) is 3.11. The molecule has 0 aliphatic carbocycles. The second-order valence-electron chi connectivity index (χ2n) is 12.1. The van der Waals surface area contributed by atoms with Gasteiger partial charge in [0.2, 0.25) is 0 Å². The summed E-state index contributed by atoms with van der Waals surface area (Å²) >= 11 is 0. The third-order valence-corrected chi connectivity index (χ3v) is 8.94. The van der Waals surface area contributed by atoms with Gasteiger partial charge in [-0.15, -0.1) is 0 Å². The van der Waals surface area contributed by atoms with E-state index in [0.29, 0.717) is 0 Å². The topological polar surface area (TPSA) is 78.1 Å². The standard InChI is InChI=1S/C51H29N3O3/c1-3-14-30(15-4-1)49-52-50(31-16-5-2-6-17-31)54-51(53-49)39-24-13-27-43-46(39)38-23-12-22-36(48(38)57-43)40-28-32(29-44-45(40)37-19-8-10-26-42(37)55-44)33-20-11-21-35-34-18-7-9-25-41(34)56-47(33)35/h1-29H/i1D,2D,3D,4D,5D,6D,7D,8D,9D,10D,11D,12D,13D,14D,15D,16D,17D,18D,19D,20D,21D,22D,23D,24D,25D,26D,27D,28D,29D. The van der Waals surface area contributed by atoms with Gasteiger partial charge in [-0.25, -0.2) is 15.0 Å². The molecule has 0 aliphatic rings. The van der Waals surface area contributed by atoms with Crippen LogP contribution >= 0.6 is 0 Å². The Hall–Kier alpha value is -7.83. The first kappa shape index (κ1) is 14.3. The van der Waals surface area contributed by atoms with Gasteiger partial charge in [-0.05, 0) is 41.3 Å². The Morgan fingerprint density at radius 3 is 1.58 bits per heavy atom. The molecule has 4 aromatic heterocycles. The highest BCUT2D eigenvalue weighted by atomic mass is 16.3. The maximum Gasteiger partial charge on any atom is 0.164 e. The summed E-state index contributed by atoms with van der Waals surface area (Å²) in [5.41, 5.74) is -9.29. The minimum absolute atomic E-state index is 0.427. The molecule has 0 amide bonds. The summed E-state index contributed by atoms with van der Waals surface area (Å²) in [6.07, 6.45) is 0. The lowest BCUT2D eigenvalue weighted by Crippen LogP contribution is -2.00. The molecule has 266 valence electrons. The molecule has 12 rings (SSSR count). The lowest BCUT2D eigenvalue weighted by molar-refractivity contribution is 0.668. The summed E-state index contributed by atoms with van der Waals surface area (Å²) in [5.74, 6) is -2.53. The van der Waals surface area contributed by atoms with E-state index in [2.05, 4.69) is 15.0 Å². The molecular weight excluding hydrogens is 703 g/mol. The monoisotopic (exact) mass is 760 g/mol. The predicted octanol–water partition coefficient (Wildman–Crippen LogP) is 13.9. The van der Waals surface area contributed by atoms with Gasteiger partial charge in [-0.1, -0.05) is 145 Å². The number of furan rings is 3. The van der Waals surface area contributed by atoms with Gasteiger partial charge < -0.3 is 13.3 Å². The molecule has 0 fully saturated rings. The van der Waals surface area contributed by atoms with Gasteiger partial charge >= 0.3 is 0 Å². The summed E-state index contributed by atoms with van der Waals surface area (Å²) in [7, 11) is 0. The van der Waals surface area contributed by atoms with E-state index in [1.54, 1.807) is 0 Å². The first-order chi connectivity index (χ1) is 40.3. The van der Waals surface area contributed by atoms with Crippen LogP contribution in [-0.2, 0) is 0 Å². The van der Waals surface area contributed by atoms with Crippen LogP contribution < -0.4 is 0 Å². The molecule has 0 unspecified atom stereocenters. The second-order valence-corrected chi connectivity index (χ2v) is 12.1. The predicted molar refractivity (Wildman–Crippen MR) is 229 cm³/mol. The van der Waals surface area contributed by atoms with E-state index in [1.165, 1.54) is 0 Å². The first-order valence-electron chi connectivity index (χ1n) is 31.1. The maximum atomic E-state index is 10.2. The van der Waals surface area contributed by atoms with E-state index in [4.69, 9.17) is 40.7 Å². The Bertz CT molecular complexity index is 5100. The molecule has 12 aromatic rings. The summed E-state index contributed by atoms with van der Waals surface area (Å²) in [6, 6.07) is -25.9. The van der Waals surface area contributed by atoms with Crippen molar-refractivity contribution in [3.63, 3.8) is 0 Å². The zero-order chi connectivity index (χ0) is 62.7. The zero-order valence-corrected chi connectivity index (χ0v) is 28.1. The van der Waals surface area contributed by atoms with Crippen molar-refractivity contribution in [2.75, 3.05) is 0 Å². The van der Waals surface area contributed by atoms with E-state index >= 15 is 0 Å².